The van der Waals surface area contributed by atoms with Crippen LogP contribution >= 0.6 is 11.8 Å². The fraction of sp³-hybridized carbons (Fsp3) is 0.476. The fourth-order valence-corrected chi connectivity index (χ4v) is 4.49. The topological polar surface area (TPSA) is 85.4 Å². The number of carbonyl (C=O) groups excluding carboxylic acids is 3. The van der Waals surface area contributed by atoms with Crippen molar-refractivity contribution in [3.05, 3.63) is 22.6 Å². The van der Waals surface area contributed by atoms with Gasteiger partial charge in [-0.2, -0.15) is 0 Å². The molecule has 8 nitrogen and oxygen atoms in total. The van der Waals surface area contributed by atoms with Crippen LogP contribution in [0.2, 0.25) is 0 Å². The van der Waals surface area contributed by atoms with Gasteiger partial charge in [0.1, 0.15) is 12.3 Å². The van der Waals surface area contributed by atoms with E-state index in [9.17, 15) is 14.4 Å². The summed E-state index contributed by atoms with van der Waals surface area (Å²) in [7, 11) is 0. The van der Waals surface area contributed by atoms with E-state index in [2.05, 4.69) is 0 Å². The maximum atomic E-state index is 12.9. The van der Waals surface area contributed by atoms with Crippen LogP contribution < -0.4 is 14.2 Å². The molecule has 0 spiro atoms. The summed E-state index contributed by atoms with van der Waals surface area (Å²) in [6.45, 7) is 3.56. The Morgan fingerprint density at radius 2 is 1.83 bits per heavy atom. The molecule has 30 heavy (non-hydrogen) atoms. The van der Waals surface area contributed by atoms with Gasteiger partial charge in [0.05, 0.1) is 11.5 Å². The predicted molar refractivity (Wildman–Crippen MR) is 111 cm³/mol. The summed E-state index contributed by atoms with van der Waals surface area (Å²) in [5.41, 5.74) is 0.616. The summed E-state index contributed by atoms with van der Waals surface area (Å²) in [4.78, 5) is 41.0. The van der Waals surface area contributed by atoms with E-state index in [4.69, 9.17) is 14.2 Å². The average Bonchev–Trinajstić information content (AvgIpc) is 3.14. The van der Waals surface area contributed by atoms with Crippen molar-refractivity contribution in [3.63, 3.8) is 0 Å². The molecule has 0 saturated carbocycles. The molecule has 0 aromatic heterocycles. The Balaban J connectivity index is 1.52. The van der Waals surface area contributed by atoms with E-state index < -0.39 is 11.1 Å². The van der Waals surface area contributed by atoms with Gasteiger partial charge < -0.3 is 19.1 Å². The first-order valence-electron chi connectivity index (χ1n) is 10.2. The zero-order valence-corrected chi connectivity index (χ0v) is 17.7. The van der Waals surface area contributed by atoms with E-state index in [0.29, 0.717) is 42.5 Å². The molecule has 1 aromatic carbocycles. The third-order valence-corrected chi connectivity index (χ3v) is 6.12. The highest BCUT2D eigenvalue weighted by atomic mass is 32.2. The van der Waals surface area contributed by atoms with Crippen LogP contribution in [0.4, 0.5) is 4.79 Å². The molecule has 3 aliphatic rings. The molecule has 0 radical (unpaired) electrons. The van der Waals surface area contributed by atoms with Gasteiger partial charge in [-0.15, -0.1) is 0 Å². The van der Waals surface area contributed by atoms with Crippen molar-refractivity contribution in [1.29, 1.82) is 0 Å². The predicted octanol–water partition coefficient (Wildman–Crippen LogP) is 3.25. The summed E-state index contributed by atoms with van der Waals surface area (Å²) in [6.07, 6.45) is 5.72. The van der Waals surface area contributed by atoms with Crippen molar-refractivity contribution < 1.29 is 28.6 Å². The van der Waals surface area contributed by atoms with Crippen molar-refractivity contribution in [2.24, 2.45) is 0 Å². The minimum atomic E-state index is -0.465. The number of fused-ring (bicyclic) bond motifs is 1. The Morgan fingerprint density at radius 1 is 1.13 bits per heavy atom. The lowest BCUT2D eigenvalue weighted by Gasteiger charge is -2.22. The van der Waals surface area contributed by atoms with Crippen LogP contribution in [0.25, 0.3) is 6.08 Å². The lowest BCUT2D eigenvalue weighted by molar-refractivity contribution is -0.135. The SMILES string of the molecule is CCOc1cc2c(cc1/C=C1/SC(=O)N(CC(=O)N3CCCCCC3)C1=O)OCO2. The summed E-state index contributed by atoms with van der Waals surface area (Å²) < 4.78 is 16.4. The molecule has 4 rings (SSSR count). The van der Waals surface area contributed by atoms with Gasteiger partial charge in [-0.25, -0.2) is 0 Å². The minimum Gasteiger partial charge on any atom is -0.493 e. The van der Waals surface area contributed by atoms with E-state index in [1.807, 2.05) is 6.92 Å². The fourth-order valence-electron chi connectivity index (χ4n) is 3.67. The van der Waals surface area contributed by atoms with Crippen molar-refractivity contribution in [2.45, 2.75) is 32.6 Å². The molecule has 3 heterocycles. The lowest BCUT2D eigenvalue weighted by Crippen LogP contribution is -2.42. The highest BCUT2D eigenvalue weighted by Gasteiger charge is 2.37. The van der Waals surface area contributed by atoms with Crippen LogP contribution in [0, 0.1) is 0 Å². The molecule has 2 saturated heterocycles. The molecule has 0 unspecified atom stereocenters. The lowest BCUT2D eigenvalue weighted by atomic mass is 10.1. The Morgan fingerprint density at radius 3 is 2.53 bits per heavy atom. The Kier molecular flexibility index (Phi) is 6.17. The van der Waals surface area contributed by atoms with Crippen LogP contribution in [-0.2, 0) is 9.59 Å². The third kappa shape index (κ3) is 4.26. The maximum Gasteiger partial charge on any atom is 0.294 e. The standard InChI is InChI=1S/C21H24N2O6S/c1-2-27-15-11-17-16(28-13-29-17)9-14(15)10-18-20(25)23(21(26)30-18)12-19(24)22-7-5-3-4-6-8-22/h9-11H,2-8,12-13H2,1H3/b18-10+. The van der Waals surface area contributed by atoms with Crippen LogP contribution in [0.3, 0.4) is 0 Å². The van der Waals surface area contributed by atoms with Gasteiger partial charge in [-0.1, -0.05) is 12.8 Å². The van der Waals surface area contributed by atoms with Crippen molar-refractivity contribution in [1.82, 2.24) is 9.80 Å². The molecule has 1 aromatic rings. The molecule has 0 bridgehead atoms. The molecule has 0 atom stereocenters. The maximum absolute atomic E-state index is 12.9. The highest BCUT2D eigenvalue weighted by Crippen LogP contribution is 2.41. The van der Waals surface area contributed by atoms with Crippen molar-refractivity contribution in [3.8, 4) is 17.2 Å². The van der Waals surface area contributed by atoms with Gasteiger partial charge in [0, 0.05) is 24.7 Å². The van der Waals surface area contributed by atoms with Crippen molar-refractivity contribution in [2.75, 3.05) is 33.0 Å². The molecule has 160 valence electrons. The zero-order valence-electron chi connectivity index (χ0n) is 16.8. The molecule has 3 amide bonds. The smallest absolute Gasteiger partial charge is 0.294 e. The number of ether oxygens (including phenoxy) is 3. The summed E-state index contributed by atoms with van der Waals surface area (Å²) >= 11 is 0.830. The number of carbonyl (C=O) groups is 3. The molecule has 0 aliphatic carbocycles. The zero-order chi connectivity index (χ0) is 21.1. The number of hydrogen-bond acceptors (Lipinski definition) is 7. The molecule has 0 N–H and O–H groups in total. The first kappa shape index (κ1) is 20.6. The number of hydrogen-bond donors (Lipinski definition) is 0. The number of imide groups is 1. The summed E-state index contributed by atoms with van der Waals surface area (Å²) in [5.74, 6) is 1.02. The second kappa shape index (κ2) is 8.99. The number of nitrogens with zero attached hydrogens (tertiary/aromatic N) is 2. The monoisotopic (exact) mass is 432 g/mol. The molecular weight excluding hydrogens is 408 g/mol. The molecule has 3 aliphatic heterocycles. The number of rotatable bonds is 5. The second-order valence-electron chi connectivity index (χ2n) is 7.24. The van der Waals surface area contributed by atoms with Gasteiger partial charge in [0.15, 0.2) is 11.5 Å². The molecule has 2 fully saturated rings. The number of amides is 3. The van der Waals surface area contributed by atoms with Gasteiger partial charge in [0.2, 0.25) is 12.7 Å². The third-order valence-electron chi connectivity index (χ3n) is 5.22. The number of benzene rings is 1. The quantitative estimate of drug-likeness (QED) is 0.660. The summed E-state index contributed by atoms with van der Waals surface area (Å²) in [6, 6.07) is 3.44. The van der Waals surface area contributed by atoms with E-state index in [1.54, 1.807) is 23.1 Å². The average molecular weight is 432 g/mol. The van der Waals surface area contributed by atoms with E-state index in [1.165, 1.54) is 0 Å². The molecular formula is C21H24N2O6S. The minimum absolute atomic E-state index is 0.124. The van der Waals surface area contributed by atoms with Crippen LogP contribution in [0.15, 0.2) is 17.0 Å². The molecule has 9 heteroatoms. The van der Waals surface area contributed by atoms with E-state index >= 15 is 0 Å². The van der Waals surface area contributed by atoms with Gasteiger partial charge in [0.25, 0.3) is 11.1 Å². The first-order chi connectivity index (χ1) is 14.6. The Hall–Kier alpha value is -2.68. The van der Waals surface area contributed by atoms with Gasteiger partial charge >= 0.3 is 0 Å². The van der Waals surface area contributed by atoms with Crippen LogP contribution in [0.5, 0.6) is 17.2 Å². The van der Waals surface area contributed by atoms with Crippen LogP contribution in [-0.4, -0.2) is 59.9 Å². The van der Waals surface area contributed by atoms with E-state index in [0.717, 1.165) is 42.3 Å². The Bertz CT molecular complexity index is 892. The van der Waals surface area contributed by atoms with E-state index in [-0.39, 0.29) is 24.2 Å². The van der Waals surface area contributed by atoms with Crippen LogP contribution in [0.1, 0.15) is 38.2 Å². The van der Waals surface area contributed by atoms with Gasteiger partial charge in [-0.3, -0.25) is 19.3 Å². The van der Waals surface area contributed by atoms with Gasteiger partial charge in [-0.05, 0) is 43.7 Å². The normalized spacial score (nSPS) is 20.1. The number of likely N-dealkylation sites (tertiary alicyclic amines) is 1. The van der Waals surface area contributed by atoms with Crippen molar-refractivity contribution >= 4 is 34.9 Å². The second-order valence-corrected chi connectivity index (χ2v) is 8.23. The highest BCUT2D eigenvalue weighted by molar-refractivity contribution is 8.18. The first-order valence-corrected chi connectivity index (χ1v) is 11.0. The number of thioether (sulfide) groups is 1. The largest absolute Gasteiger partial charge is 0.493 e. The Labute approximate surface area is 179 Å². The summed E-state index contributed by atoms with van der Waals surface area (Å²) in [5, 5.41) is -0.437.